The van der Waals surface area contributed by atoms with Crippen molar-refractivity contribution in [2.75, 3.05) is 0 Å². The van der Waals surface area contributed by atoms with E-state index in [0.29, 0.717) is 0 Å². The molecule has 0 aromatic carbocycles. The van der Waals surface area contributed by atoms with Crippen LogP contribution in [0, 0.1) is 0 Å². The number of rotatable bonds is 2. The van der Waals surface area contributed by atoms with Crippen LogP contribution in [0.1, 0.15) is 6.92 Å². The van der Waals surface area contributed by atoms with Crippen molar-refractivity contribution < 1.29 is 9.90 Å². The van der Waals surface area contributed by atoms with Crippen molar-refractivity contribution in [3.05, 3.63) is 10.2 Å². The van der Waals surface area contributed by atoms with Crippen molar-refractivity contribution in [3.63, 3.8) is 0 Å². The molecule has 52 valence electrons. The molecule has 0 aliphatic heterocycles. The van der Waals surface area contributed by atoms with Crippen LogP contribution in [0.15, 0.2) is 10.2 Å². The summed E-state index contributed by atoms with van der Waals surface area (Å²) in [6, 6.07) is 0. The van der Waals surface area contributed by atoms with Crippen LogP contribution in [0.3, 0.4) is 0 Å². The fourth-order valence-electron chi connectivity index (χ4n) is 0.202. The molecule has 3 nitrogen and oxygen atoms in total. The Hall–Kier alpha value is -0.100. The zero-order valence-corrected chi connectivity index (χ0v) is 7.12. The molecule has 9 heavy (non-hydrogen) atoms. The SMILES string of the molecule is C[C@@](N)(/C=C/[123I])C(=O)O. The molecule has 0 fully saturated rings. The molecule has 0 aliphatic rings. The third kappa shape index (κ3) is 2.81. The molecule has 0 unspecified atom stereocenters. The standard InChI is InChI=1S/C5H8INO2/c1-5(7,2-3-6)4(8)9/h2-3H,7H2,1H3,(H,8,9)/b3-2+/t5-/m1/s1/i6-4. The Morgan fingerprint density at radius 2 is 2.33 bits per heavy atom. The number of hydrogen-bond acceptors (Lipinski definition) is 2. The average Bonchev–Trinajstić information content (AvgIpc) is 1.65. The van der Waals surface area contributed by atoms with Gasteiger partial charge in [0, 0.05) is 0 Å². The maximum atomic E-state index is 10.2. The first-order valence-corrected chi connectivity index (χ1v) is 3.55. The van der Waals surface area contributed by atoms with Gasteiger partial charge in [-0.05, 0) is 17.1 Å². The van der Waals surface area contributed by atoms with Gasteiger partial charge in [0.1, 0.15) is 5.54 Å². The third-order valence-electron chi connectivity index (χ3n) is 0.870. The highest BCUT2D eigenvalue weighted by Crippen LogP contribution is 2.02. The minimum Gasteiger partial charge on any atom is -0.480 e. The Bertz CT molecular complexity index is 142. The Morgan fingerprint density at radius 1 is 1.89 bits per heavy atom. The minimum absolute atomic E-state index is 1.02. The van der Waals surface area contributed by atoms with Crippen molar-refractivity contribution in [2.45, 2.75) is 12.5 Å². The molecular weight excluding hydrogens is 229 g/mol. The first-order chi connectivity index (χ1) is 4.00. The summed E-state index contributed by atoms with van der Waals surface area (Å²) in [5, 5.41) is 8.39. The summed E-state index contributed by atoms with van der Waals surface area (Å²) in [6.45, 7) is 1.44. The van der Waals surface area contributed by atoms with E-state index in [9.17, 15) is 4.79 Å². The lowest BCUT2D eigenvalue weighted by atomic mass is 10.1. The predicted molar refractivity (Wildman–Crippen MR) is 43.4 cm³/mol. The van der Waals surface area contributed by atoms with Crippen LogP contribution in [0.5, 0.6) is 0 Å². The molecule has 1 atom stereocenters. The highest BCUT2D eigenvalue weighted by molar-refractivity contribution is 14.1. The van der Waals surface area contributed by atoms with Crippen LogP contribution in [-0.4, -0.2) is 16.6 Å². The Kier molecular flexibility index (Phi) is 3.13. The van der Waals surface area contributed by atoms with E-state index in [2.05, 4.69) is 0 Å². The topological polar surface area (TPSA) is 63.3 Å². The van der Waals surface area contributed by atoms with Gasteiger partial charge in [-0.3, -0.25) is 0 Å². The summed E-state index contributed by atoms with van der Waals surface area (Å²) in [5.41, 5.74) is 4.06. The van der Waals surface area contributed by atoms with Gasteiger partial charge in [-0.15, -0.1) is 0 Å². The van der Waals surface area contributed by atoms with E-state index < -0.39 is 11.5 Å². The molecule has 0 aromatic heterocycles. The number of carboxylic acids is 1. The summed E-state index contributed by atoms with van der Waals surface area (Å²) in [4.78, 5) is 10.2. The lowest BCUT2D eigenvalue weighted by Crippen LogP contribution is -2.42. The van der Waals surface area contributed by atoms with Gasteiger partial charge in [0.05, 0.1) is 0 Å². The molecule has 0 saturated heterocycles. The highest BCUT2D eigenvalue weighted by atomic mass is 123. The van der Waals surface area contributed by atoms with Crippen LogP contribution < -0.4 is 5.73 Å². The van der Waals surface area contributed by atoms with Crippen molar-refractivity contribution in [3.8, 4) is 0 Å². The first-order valence-electron chi connectivity index (χ1n) is 2.31. The summed E-state index contributed by atoms with van der Waals surface area (Å²) >= 11 is 1.92. The second-order valence-electron chi connectivity index (χ2n) is 1.88. The Labute approximate surface area is 67.1 Å². The number of halogens is 1. The van der Waals surface area contributed by atoms with Crippen LogP contribution in [0.4, 0.5) is 0 Å². The molecule has 3 N–H and O–H groups in total. The van der Waals surface area contributed by atoms with E-state index in [1.165, 1.54) is 13.0 Å². The van der Waals surface area contributed by atoms with Crippen LogP contribution in [0.2, 0.25) is 0 Å². The zero-order chi connectivity index (χ0) is 7.49. The second kappa shape index (κ2) is 3.17. The molecule has 0 bridgehead atoms. The minimum atomic E-state index is -1.22. The van der Waals surface area contributed by atoms with E-state index in [-0.39, 0.29) is 0 Å². The lowest BCUT2D eigenvalue weighted by Gasteiger charge is -2.11. The third-order valence-corrected chi connectivity index (χ3v) is 1.23. The van der Waals surface area contributed by atoms with E-state index in [1.807, 2.05) is 22.6 Å². The van der Waals surface area contributed by atoms with Gasteiger partial charge in [-0.2, -0.15) is 0 Å². The van der Waals surface area contributed by atoms with Crippen molar-refractivity contribution in [2.24, 2.45) is 5.73 Å². The summed E-state index contributed by atoms with van der Waals surface area (Å²) in [5.74, 6) is -1.02. The van der Waals surface area contributed by atoms with Gasteiger partial charge in [-0.1, -0.05) is 22.6 Å². The van der Waals surface area contributed by atoms with Crippen LogP contribution in [0.25, 0.3) is 0 Å². The van der Waals surface area contributed by atoms with E-state index in [4.69, 9.17) is 10.8 Å². The highest BCUT2D eigenvalue weighted by Gasteiger charge is 2.23. The number of hydrogen-bond donors (Lipinski definition) is 2. The zero-order valence-electron chi connectivity index (χ0n) is 4.97. The number of aliphatic carboxylic acids is 1. The van der Waals surface area contributed by atoms with Crippen molar-refractivity contribution in [1.82, 2.24) is 0 Å². The average molecular weight is 237 g/mol. The molecule has 0 radical (unpaired) electrons. The largest absolute Gasteiger partial charge is 0.480 e. The Balaban J connectivity index is 4.19. The molecule has 0 aromatic rings. The molecule has 0 amide bonds. The van der Waals surface area contributed by atoms with Crippen molar-refractivity contribution >= 4 is 28.6 Å². The van der Waals surface area contributed by atoms with E-state index in [0.717, 1.165) is 0 Å². The number of carboxylic acid groups (broad SMARTS) is 1. The molecule has 0 heterocycles. The number of nitrogens with two attached hydrogens (primary N) is 1. The lowest BCUT2D eigenvalue weighted by molar-refractivity contribution is -0.140. The fourth-order valence-corrected chi connectivity index (χ4v) is 0.949. The van der Waals surface area contributed by atoms with Gasteiger partial charge in [0.25, 0.3) is 0 Å². The molecule has 0 spiro atoms. The van der Waals surface area contributed by atoms with Gasteiger partial charge in [-0.25, -0.2) is 4.79 Å². The van der Waals surface area contributed by atoms with Gasteiger partial charge in [0.2, 0.25) is 0 Å². The molecule has 4 heteroatoms. The normalized spacial score (nSPS) is 17.7. The fraction of sp³-hybridized carbons (Fsp3) is 0.400. The van der Waals surface area contributed by atoms with Gasteiger partial charge < -0.3 is 10.8 Å². The number of carbonyl (C=O) groups is 1. The summed E-state index contributed by atoms with van der Waals surface area (Å²) in [7, 11) is 0. The molecule has 0 saturated carbocycles. The summed E-state index contributed by atoms with van der Waals surface area (Å²) in [6.07, 6.45) is 1.43. The van der Waals surface area contributed by atoms with E-state index >= 15 is 0 Å². The maximum absolute atomic E-state index is 10.2. The molecule has 0 rings (SSSR count). The maximum Gasteiger partial charge on any atom is 0.327 e. The monoisotopic (exact) mass is 237 g/mol. The van der Waals surface area contributed by atoms with Crippen LogP contribution >= 0.6 is 22.6 Å². The molecule has 0 aliphatic carbocycles. The summed E-state index contributed by atoms with van der Waals surface area (Å²) < 4.78 is 1.59. The predicted octanol–water partition coefficient (Wildman–Crippen LogP) is 0.737. The van der Waals surface area contributed by atoms with Gasteiger partial charge >= 0.3 is 5.97 Å². The quantitative estimate of drug-likeness (QED) is 0.696. The molecular formula is C5H8INO2. The van der Waals surface area contributed by atoms with Gasteiger partial charge in [0.15, 0.2) is 0 Å². The van der Waals surface area contributed by atoms with Crippen molar-refractivity contribution in [1.29, 1.82) is 0 Å². The van der Waals surface area contributed by atoms with E-state index in [1.54, 1.807) is 4.08 Å². The smallest absolute Gasteiger partial charge is 0.327 e. The van der Waals surface area contributed by atoms with Crippen LogP contribution in [-0.2, 0) is 4.79 Å². The second-order valence-corrected chi connectivity index (χ2v) is 2.60. The Morgan fingerprint density at radius 3 is 2.44 bits per heavy atom. The first kappa shape index (κ1) is 8.90.